The van der Waals surface area contributed by atoms with Gasteiger partial charge in [0.1, 0.15) is 0 Å². The lowest BCUT2D eigenvalue weighted by molar-refractivity contribution is -0.124. The molecular formula is C20H16Cl2N4O5S2. The Hall–Kier alpha value is -2.86. The number of nitrogens with one attached hydrogen (secondary N) is 2. The van der Waals surface area contributed by atoms with Crippen molar-refractivity contribution >= 4 is 73.1 Å². The van der Waals surface area contributed by atoms with Crippen LogP contribution in [0.2, 0.25) is 10.0 Å². The van der Waals surface area contributed by atoms with E-state index in [0.29, 0.717) is 12.2 Å². The zero-order valence-electron chi connectivity index (χ0n) is 16.7. The van der Waals surface area contributed by atoms with E-state index in [1.807, 2.05) is 0 Å². The fourth-order valence-corrected chi connectivity index (χ4v) is 5.28. The van der Waals surface area contributed by atoms with Crippen LogP contribution in [0, 0.1) is 0 Å². The summed E-state index contributed by atoms with van der Waals surface area (Å²) in [5.41, 5.74) is 0.747. The minimum absolute atomic E-state index is 0.0266. The second-order valence-corrected chi connectivity index (χ2v) is 10.2. The van der Waals surface area contributed by atoms with Crippen LogP contribution in [-0.2, 0) is 19.6 Å². The normalized spacial score (nSPS) is 16.0. The molecule has 1 aliphatic rings. The summed E-state index contributed by atoms with van der Waals surface area (Å²) in [4.78, 5) is 30.3. The number of rotatable bonds is 6. The van der Waals surface area contributed by atoms with Crippen LogP contribution in [0.4, 0.5) is 21.3 Å². The van der Waals surface area contributed by atoms with Crippen LogP contribution in [0.25, 0.3) is 0 Å². The van der Waals surface area contributed by atoms with Gasteiger partial charge in [-0.15, -0.1) is 11.3 Å². The summed E-state index contributed by atoms with van der Waals surface area (Å²) >= 11 is 13.1. The molecular weight excluding hydrogens is 511 g/mol. The van der Waals surface area contributed by atoms with Gasteiger partial charge in [-0.25, -0.2) is 18.2 Å². The van der Waals surface area contributed by atoms with Crippen molar-refractivity contribution in [2.45, 2.75) is 17.4 Å². The number of nitrogens with zero attached hydrogens (tertiary/aromatic N) is 2. The number of carbonyl (C=O) groups excluding carboxylic acids is 2. The van der Waals surface area contributed by atoms with E-state index in [1.54, 1.807) is 23.6 Å². The molecule has 0 saturated carbocycles. The van der Waals surface area contributed by atoms with Crippen LogP contribution in [0.3, 0.4) is 0 Å². The molecule has 1 fully saturated rings. The van der Waals surface area contributed by atoms with E-state index in [1.165, 1.54) is 35.4 Å². The van der Waals surface area contributed by atoms with Crippen molar-refractivity contribution in [3.63, 3.8) is 0 Å². The summed E-state index contributed by atoms with van der Waals surface area (Å²) in [5.74, 6) is -0.418. The number of amides is 2. The molecule has 2 heterocycles. The number of benzene rings is 2. The van der Waals surface area contributed by atoms with Gasteiger partial charge in [-0.1, -0.05) is 29.3 Å². The van der Waals surface area contributed by atoms with Gasteiger partial charge in [-0.2, -0.15) is 0 Å². The van der Waals surface area contributed by atoms with Gasteiger partial charge in [-0.05, 0) is 36.4 Å². The van der Waals surface area contributed by atoms with E-state index >= 15 is 0 Å². The Morgan fingerprint density at radius 3 is 2.64 bits per heavy atom. The highest BCUT2D eigenvalue weighted by Gasteiger charge is 2.35. The molecule has 33 heavy (non-hydrogen) atoms. The molecule has 0 aliphatic carbocycles. The Balaban J connectivity index is 1.39. The maximum Gasteiger partial charge on any atom is 0.412 e. The highest BCUT2D eigenvalue weighted by atomic mass is 35.5. The van der Waals surface area contributed by atoms with Crippen molar-refractivity contribution in [1.29, 1.82) is 0 Å². The first kappa shape index (κ1) is 23.3. The lowest BCUT2D eigenvalue weighted by Gasteiger charge is -2.17. The summed E-state index contributed by atoms with van der Waals surface area (Å²) in [6, 6.07) is 10.6. The van der Waals surface area contributed by atoms with Gasteiger partial charge in [0.05, 0.1) is 20.6 Å². The molecule has 4 rings (SSSR count). The summed E-state index contributed by atoms with van der Waals surface area (Å²) in [6.07, 6.45) is -0.0549. The van der Waals surface area contributed by atoms with Crippen molar-refractivity contribution in [1.82, 2.24) is 4.98 Å². The van der Waals surface area contributed by atoms with E-state index in [-0.39, 0.29) is 32.2 Å². The Kier molecular flexibility index (Phi) is 6.75. The minimum Gasteiger partial charge on any atom is -0.436 e. The fourth-order valence-electron chi connectivity index (χ4n) is 3.14. The standard InChI is InChI=1S/C20H16Cl2N4O5S2/c21-14-2-1-3-15(17(14)22)24-20(28)31-16-8-10-26(18(16)27)12-4-6-13(7-5-12)33(29,30)25-19-23-9-11-32-19/h1-7,9,11,16H,8,10H2,(H,23,25)(H,24,28)/t16-/m0/s1. The Morgan fingerprint density at radius 2 is 1.94 bits per heavy atom. The van der Waals surface area contributed by atoms with Crippen LogP contribution >= 0.6 is 34.5 Å². The number of thiazole rings is 1. The Labute approximate surface area is 203 Å². The maximum absolute atomic E-state index is 12.7. The maximum atomic E-state index is 12.7. The van der Waals surface area contributed by atoms with Crippen molar-refractivity contribution in [2.24, 2.45) is 0 Å². The summed E-state index contributed by atoms with van der Waals surface area (Å²) in [5, 5.41) is 4.81. The molecule has 0 radical (unpaired) electrons. The van der Waals surface area contributed by atoms with Gasteiger partial charge in [0, 0.05) is 30.2 Å². The third-order valence-corrected chi connectivity index (χ3v) is 7.70. The Morgan fingerprint density at radius 1 is 1.18 bits per heavy atom. The molecule has 0 unspecified atom stereocenters. The number of anilines is 3. The molecule has 1 aromatic heterocycles. The molecule has 9 nitrogen and oxygen atoms in total. The van der Waals surface area contributed by atoms with Gasteiger partial charge in [0.15, 0.2) is 11.2 Å². The lowest BCUT2D eigenvalue weighted by atomic mass is 10.3. The number of aromatic nitrogens is 1. The molecule has 2 N–H and O–H groups in total. The van der Waals surface area contributed by atoms with E-state index in [2.05, 4.69) is 15.0 Å². The number of carbonyl (C=O) groups is 2. The van der Waals surface area contributed by atoms with Crippen LogP contribution in [-0.4, -0.2) is 38.1 Å². The molecule has 13 heteroatoms. The van der Waals surface area contributed by atoms with Crippen LogP contribution in [0.1, 0.15) is 6.42 Å². The highest BCUT2D eigenvalue weighted by Crippen LogP contribution is 2.30. The molecule has 1 atom stereocenters. The van der Waals surface area contributed by atoms with Gasteiger partial charge in [-0.3, -0.25) is 14.8 Å². The monoisotopic (exact) mass is 526 g/mol. The van der Waals surface area contributed by atoms with Gasteiger partial charge >= 0.3 is 6.09 Å². The topological polar surface area (TPSA) is 118 Å². The lowest BCUT2D eigenvalue weighted by Crippen LogP contribution is -2.33. The number of sulfonamides is 1. The molecule has 0 spiro atoms. The smallest absolute Gasteiger partial charge is 0.412 e. The van der Waals surface area contributed by atoms with Gasteiger partial charge < -0.3 is 9.64 Å². The first-order chi connectivity index (χ1) is 15.7. The molecule has 1 aliphatic heterocycles. The highest BCUT2D eigenvalue weighted by molar-refractivity contribution is 7.93. The number of halogens is 2. The molecule has 172 valence electrons. The molecule has 1 saturated heterocycles. The number of hydrogen-bond donors (Lipinski definition) is 2. The van der Waals surface area contributed by atoms with E-state index in [4.69, 9.17) is 27.9 Å². The molecule has 0 bridgehead atoms. The van der Waals surface area contributed by atoms with Crippen molar-refractivity contribution < 1.29 is 22.7 Å². The molecule has 3 aromatic rings. The second-order valence-electron chi connectivity index (χ2n) is 6.84. The first-order valence-electron chi connectivity index (χ1n) is 9.50. The predicted molar refractivity (Wildman–Crippen MR) is 127 cm³/mol. The van der Waals surface area contributed by atoms with E-state index in [9.17, 15) is 18.0 Å². The average Bonchev–Trinajstić information content (AvgIpc) is 3.41. The summed E-state index contributed by atoms with van der Waals surface area (Å²) < 4.78 is 32.6. The number of ether oxygens (including phenoxy) is 1. The third-order valence-electron chi connectivity index (χ3n) is 4.71. The van der Waals surface area contributed by atoms with Gasteiger partial charge in [0.25, 0.3) is 15.9 Å². The second kappa shape index (κ2) is 9.56. The van der Waals surface area contributed by atoms with Crippen molar-refractivity contribution in [2.75, 3.05) is 21.5 Å². The quantitative estimate of drug-likeness (QED) is 0.484. The number of hydrogen-bond acceptors (Lipinski definition) is 7. The summed E-state index contributed by atoms with van der Waals surface area (Å²) in [6.45, 7) is 0.304. The van der Waals surface area contributed by atoms with Crippen LogP contribution in [0.5, 0.6) is 0 Å². The third kappa shape index (κ3) is 5.22. The van der Waals surface area contributed by atoms with Crippen LogP contribution in [0.15, 0.2) is 58.9 Å². The zero-order chi connectivity index (χ0) is 23.6. The summed E-state index contributed by atoms with van der Waals surface area (Å²) in [7, 11) is -3.80. The van der Waals surface area contributed by atoms with Crippen molar-refractivity contribution in [3.05, 3.63) is 64.1 Å². The largest absolute Gasteiger partial charge is 0.436 e. The zero-order valence-corrected chi connectivity index (χ0v) is 19.8. The van der Waals surface area contributed by atoms with Crippen LogP contribution < -0.4 is 14.9 Å². The van der Waals surface area contributed by atoms with E-state index in [0.717, 1.165) is 11.3 Å². The molecule has 2 amide bonds. The predicted octanol–water partition coefficient (Wildman–Crippen LogP) is 4.60. The minimum atomic E-state index is -3.80. The fraction of sp³-hybridized carbons (Fsp3) is 0.150. The Bertz CT molecular complexity index is 1280. The average molecular weight is 527 g/mol. The van der Waals surface area contributed by atoms with E-state index < -0.39 is 28.1 Å². The molecule has 2 aromatic carbocycles. The van der Waals surface area contributed by atoms with Crippen molar-refractivity contribution in [3.8, 4) is 0 Å². The first-order valence-corrected chi connectivity index (χ1v) is 12.6. The van der Waals surface area contributed by atoms with Gasteiger partial charge in [0.2, 0.25) is 0 Å². The SMILES string of the molecule is O=C(Nc1cccc(Cl)c1Cl)O[C@H]1CCN(c2ccc(S(=O)(=O)Nc3nccs3)cc2)C1=O.